The van der Waals surface area contributed by atoms with Crippen molar-refractivity contribution >= 4 is 5.57 Å². The van der Waals surface area contributed by atoms with Crippen LogP contribution in [0.3, 0.4) is 0 Å². The molecule has 1 aliphatic rings. The maximum atomic E-state index is 13.9. The van der Waals surface area contributed by atoms with Gasteiger partial charge < -0.3 is 0 Å². The highest BCUT2D eigenvalue weighted by Crippen LogP contribution is 2.40. The SMILES string of the molecule is N#CC1=C(F)C(F)=C(c2ccc(C#N)cc2)C(F)C1F. The van der Waals surface area contributed by atoms with Gasteiger partial charge in [-0.3, -0.25) is 0 Å². The van der Waals surface area contributed by atoms with Gasteiger partial charge in [0.2, 0.25) is 0 Å². The van der Waals surface area contributed by atoms with Crippen LogP contribution < -0.4 is 0 Å². The molecule has 0 saturated carbocycles. The monoisotopic (exact) mass is 278 g/mol. The Bertz CT molecular complexity index is 689. The smallest absolute Gasteiger partial charge is 0.175 e. The van der Waals surface area contributed by atoms with E-state index in [2.05, 4.69) is 0 Å². The zero-order valence-corrected chi connectivity index (χ0v) is 9.87. The summed E-state index contributed by atoms with van der Waals surface area (Å²) in [5.74, 6) is -3.28. The highest BCUT2D eigenvalue weighted by molar-refractivity contribution is 5.77. The van der Waals surface area contributed by atoms with E-state index >= 15 is 0 Å². The van der Waals surface area contributed by atoms with Crippen LogP contribution in [0, 0.1) is 22.7 Å². The molecule has 0 aromatic heterocycles. The number of hydrogen-bond donors (Lipinski definition) is 0. The van der Waals surface area contributed by atoms with Crippen molar-refractivity contribution in [2.45, 2.75) is 12.3 Å². The fourth-order valence-corrected chi connectivity index (χ4v) is 1.89. The first kappa shape index (κ1) is 13.8. The Hall–Kier alpha value is -2.60. The first-order chi connectivity index (χ1) is 9.51. The molecule has 2 nitrogen and oxygen atoms in total. The Morgan fingerprint density at radius 1 is 0.850 bits per heavy atom. The normalized spacial score (nSPS) is 22.5. The van der Waals surface area contributed by atoms with Gasteiger partial charge in [-0.25, -0.2) is 17.6 Å². The predicted octanol–water partition coefficient (Wildman–Crippen LogP) is 3.68. The Morgan fingerprint density at radius 3 is 1.95 bits per heavy atom. The molecule has 0 spiro atoms. The Balaban J connectivity index is 2.60. The lowest BCUT2D eigenvalue weighted by Gasteiger charge is -2.22. The number of allylic oxidation sites excluding steroid dienone is 4. The summed E-state index contributed by atoms with van der Waals surface area (Å²) >= 11 is 0. The molecule has 0 fully saturated rings. The molecule has 1 aliphatic carbocycles. The van der Waals surface area contributed by atoms with Gasteiger partial charge in [0.25, 0.3) is 0 Å². The summed E-state index contributed by atoms with van der Waals surface area (Å²) in [6, 6.07) is 7.87. The lowest BCUT2D eigenvalue weighted by atomic mass is 9.89. The van der Waals surface area contributed by atoms with E-state index in [9.17, 15) is 17.6 Å². The quantitative estimate of drug-likeness (QED) is 0.736. The van der Waals surface area contributed by atoms with Crippen molar-refractivity contribution in [2.24, 2.45) is 0 Å². The third-order valence-corrected chi connectivity index (χ3v) is 2.92. The van der Waals surface area contributed by atoms with Crippen LogP contribution in [-0.2, 0) is 0 Å². The lowest BCUT2D eigenvalue weighted by molar-refractivity contribution is 0.236. The number of nitrogens with zero attached hydrogens (tertiary/aromatic N) is 2. The van der Waals surface area contributed by atoms with E-state index in [4.69, 9.17) is 10.5 Å². The first-order valence-electron chi connectivity index (χ1n) is 5.49. The van der Waals surface area contributed by atoms with Gasteiger partial charge in [0.1, 0.15) is 11.6 Å². The number of nitriles is 2. The molecule has 1 aromatic rings. The number of rotatable bonds is 1. The maximum absolute atomic E-state index is 13.9. The van der Waals surface area contributed by atoms with E-state index < -0.39 is 35.1 Å². The summed E-state index contributed by atoms with van der Waals surface area (Å²) in [6.45, 7) is 0. The second-order valence-electron chi connectivity index (χ2n) is 4.06. The lowest BCUT2D eigenvalue weighted by Crippen LogP contribution is -2.26. The molecular weight excluding hydrogens is 272 g/mol. The van der Waals surface area contributed by atoms with Crippen LogP contribution in [0.4, 0.5) is 17.6 Å². The van der Waals surface area contributed by atoms with E-state index in [0.29, 0.717) is 0 Å². The van der Waals surface area contributed by atoms with Gasteiger partial charge in [0.05, 0.1) is 11.6 Å². The predicted molar refractivity (Wildman–Crippen MR) is 62.7 cm³/mol. The standard InChI is InChI=1S/C14H6F4N2/c15-11-9(6-20)12(16)14(18)10(13(11)17)8-3-1-7(5-19)2-4-8/h1-4,11,13H. The zero-order valence-electron chi connectivity index (χ0n) is 9.87. The second-order valence-corrected chi connectivity index (χ2v) is 4.06. The van der Waals surface area contributed by atoms with Crippen molar-refractivity contribution in [3.8, 4) is 12.1 Å². The highest BCUT2D eigenvalue weighted by atomic mass is 19.2. The average Bonchev–Trinajstić information content (AvgIpc) is 2.47. The summed E-state index contributed by atoms with van der Waals surface area (Å²) in [4.78, 5) is 0. The molecular formula is C14H6F4N2. The van der Waals surface area contributed by atoms with Crippen molar-refractivity contribution in [2.75, 3.05) is 0 Å². The molecule has 0 heterocycles. The molecule has 0 amide bonds. The van der Waals surface area contributed by atoms with Crippen LogP contribution in [-0.4, -0.2) is 12.3 Å². The van der Waals surface area contributed by atoms with Gasteiger partial charge in [-0.05, 0) is 17.7 Å². The third-order valence-electron chi connectivity index (χ3n) is 2.92. The fourth-order valence-electron chi connectivity index (χ4n) is 1.89. The molecule has 0 aliphatic heterocycles. The van der Waals surface area contributed by atoms with E-state index in [1.165, 1.54) is 24.3 Å². The van der Waals surface area contributed by atoms with Gasteiger partial charge in [-0.15, -0.1) is 0 Å². The van der Waals surface area contributed by atoms with Gasteiger partial charge in [0.15, 0.2) is 24.0 Å². The molecule has 2 unspecified atom stereocenters. The van der Waals surface area contributed by atoms with Crippen LogP contribution in [0.1, 0.15) is 11.1 Å². The minimum Gasteiger partial charge on any atom is -0.238 e. The fraction of sp³-hybridized carbons (Fsp3) is 0.143. The number of alkyl halides is 2. The van der Waals surface area contributed by atoms with E-state index in [0.717, 1.165) is 6.07 Å². The van der Waals surface area contributed by atoms with Gasteiger partial charge in [-0.2, -0.15) is 10.5 Å². The molecule has 100 valence electrons. The van der Waals surface area contributed by atoms with Crippen LogP contribution in [0.15, 0.2) is 41.5 Å². The van der Waals surface area contributed by atoms with Crippen LogP contribution >= 0.6 is 0 Å². The molecule has 0 bridgehead atoms. The maximum Gasteiger partial charge on any atom is 0.175 e. The summed E-state index contributed by atoms with van der Waals surface area (Å²) in [5.41, 5.74) is -1.82. The molecule has 6 heteroatoms. The van der Waals surface area contributed by atoms with E-state index in [-0.39, 0.29) is 11.1 Å². The number of benzene rings is 1. The summed E-state index contributed by atoms with van der Waals surface area (Å²) in [5, 5.41) is 17.1. The molecule has 2 atom stereocenters. The van der Waals surface area contributed by atoms with Crippen LogP contribution in [0.25, 0.3) is 5.57 Å². The minimum absolute atomic E-state index is 0.0798. The molecule has 2 rings (SSSR count). The number of hydrogen-bond acceptors (Lipinski definition) is 2. The van der Waals surface area contributed by atoms with Crippen molar-refractivity contribution in [3.63, 3.8) is 0 Å². The van der Waals surface area contributed by atoms with Crippen molar-refractivity contribution in [3.05, 3.63) is 52.6 Å². The molecule has 0 N–H and O–H groups in total. The van der Waals surface area contributed by atoms with Crippen LogP contribution in [0.5, 0.6) is 0 Å². The Morgan fingerprint density at radius 2 is 1.45 bits per heavy atom. The van der Waals surface area contributed by atoms with E-state index in [1.807, 2.05) is 6.07 Å². The largest absolute Gasteiger partial charge is 0.238 e. The minimum atomic E-state index is -2.55. The Kier molecular flexibility index (Phi) is 3.58. The van der Waals surface area contributed by atoms with Gasteiger partial charge in [0, 0.05) is 5.57 Å². The van der Waals surface area contributed by atoms with Crippen molar-refractivity contribution in [1.29, 1.82) is 10.5 Å². The molecule has 1 aromatic carbocycles. The molecule has 0 saturated heterocycles. The molecule has 20 heavy (non-hydrogen) atoms. The average molecular weight is 278 g/mol. The Labute approximate surface area is 111 Å². The zero-order chi connectivity index (χ0) is 14.9. The van der Waals surface area contributed by atoms with Gasteiger partial charge in [-0.1, -0.05) is 12.1 Å². The van der Waals surface area contributed by atoms with Gasteiger partial charge >= 0.3 is 0 Å². The van der Waals surface area contributed by atoms with Crippen molar-refractivity contribution in [1.82, 2.24) is 0 Å². The second kappa shape index (κ2) is 5.18. The summed E-state index contributed by atoms with van der Waals surface area (Å²) in [6.07, 6.45) is -5.03. The van der Waals surface area contributed by atoms with Crippen LogP contribution in [0.2, 0.25) is 0 Å². The third kappa shape index (κ3) is 2.06. The highest BCUT2D eigenvalue weighted by Gasteiger charge is 2.40. The first-order valence-corrected chi connectivity index (χ1v) is 5.49. The van der Waals surface area contributed by atoms with Crippen molar-refractivity contribution < 1.29 is 17.6 Å². The number of halogens is 4. The topological polar surface area (TPSA) is 47.6 Å². The molecule has 0 radical (unpaired) electrons. The summed E-state index contributed by atoms with van der Waals surface area (Å²) in [7, 11) is 0. The summed E-state index contributed by atoms with van der Waals surface area (Å²) < 4.78 is 54.8. The van der Waals surface area contributed by atoms with E-state index in [1.54, 1.807) is 0 Å².